The van der Waals surface area contributed by atoms with Gasteiger partial charge in [0.05, 0.1) is 0 Å². The molecule has 0 N–H and O–H groups in total. The number of anilines is 1. The monoisotopic (exact) mass is 269 g/mol. The highest BCUT2D eigenvalue weighted by atomic mass is 35.5. The summed E-state index contributed by atoms with van der Waals surface area (Å²) in [7, 11) is 2.06. The first-order valence-corrected chi connectivity index (χ1v) is 7.22. The molecule has 0 radical (unpaired) electrons. The highest BCUT2D eigenvalue weighted by molar-refractivity contribution is 6.17. The molecule has 0 spiro atoms. The third-order valence-corrected chi connectivity index (χ3v) is 4.35. The highest BCUT2D eigenvalue weighted by Crippen LogP contribution is 2.30. The molecule has 0 bridgehead atoms. The molecular weight excluding hydrogens is 249 g/mol. The quantitative estimate of drug-likeness (QED) is 0.726. The Kier molecular flexibility index (Phi) is 4.50. The van der Waals surface area contributed by atoms with Crippen molar-refractivity contribution in [1.29, 1.82) is 0 Å². The molecule has 3 heteroatoms. The Morgan fingerprint density at radius 2 is 1.89 bits per heavy atom. The van der Waals surface area contributed by atoms with Crippen LogP contribution in [0.3, 0.4) is 0 Å². The average molecular weight is 270 g/mol. The van der Waals surface area contributed by atoms with Gasteiger partial charge >= 0.3 is 0 Å². The van der Waals surface area contributed by atoms with E-state index in [9.17, 15) is 4.39 Å². The van der Waals surface area contributed by atoms with Crippen molar-refractivity contribution in [2.24, 2.45) is 5.92 Å². The van der Waals surface area contributed by atoms with Gasteiger partial charge in [-0.3, -0.25) is 0 Å². The van der Waals surface area contributed by atoms with Crippen molar-refractivity contribution in [2.75, 3.05) is 11.9 Å². The fraction of sp³-hybridized carbons (Fsp3) is 0.600. The molecule has 100 valence electrons. The van der Waals surface area contributed by atoms with Crippen LogP contribution in [-0.4, -0.2) is 13.1 Å². The van der Waals surface area contributed by atoms with E-state index in [0.717, 1.165) is 17.2 Å². The van der Waals surface area contributed by atoms with Gasteiger partial charge < -0.3 is 4.90 Å². The summed E-state index contributed by atoms with van der Waals surface area (Å²) >= 11 is 5.80. The summed E-state index contributed by atoms with van der Waals surface area (Å²) in [5.41, 5.74) is 1.80. The van der Waals surface area contributed by atoms with Crippen molar-refractivity contribution < 1.29 is 4.39 Å². The summed E-state index contributed by atoms with van der Waals surface area (Å²) in [6.07, 6.45) is 4.94. The van der Waals surface area contributed by atoms with Crippen molar-refractivity contribution in [3.63, 3.8) is 0 Å². The smallest absolute Gasteiger partial charge is 0.125 e. The third-order valence-electron chi connectivity index (χ3n) is 4.04. The number of hydrogen-bond acceptors (Lipinski definition) is 1. The Hall–Kier alpha value is -0.760. The van der Waals surface area contributed by atoms with Gasteiger partial charge in [0.15, 0.2) is 0 Å². The van der Waals surface area contributed by atoms with E-state index in [1.807, 2.05) is 6.07 Å². The van der Waals surface area contributed by atoms with Gasteiger partial charge in [0.1, 0.15) is 5.82 Å². The van der Waals surface area contributed by atoms with Crippen LogP contribution in [0.1, 0.15) is 38.2 Å². The van der Waals surface area contributed by atoms with E-state index < -0.39 is 0 Å². The fourth-order valence-corrected chi connectivity index (χ4v) is 2.91. The fourth-order valence-electron chi connectivity index (χ4n) is 2.75. The van der Waals surface area contributed by atoms with Crippen LogP contribution in [0.25, 0.3) is 0 Å². The van der Waals surface area contributed by atoms with Crippen LogP contribution in [0, 0.1) is 11.7 Å². The lowest BCUT2D eigenvalue weighted by atomic mass is 9.86. The molecule has 0 aliphatic heterocycles. The summed E-state index contributed by atoms with van der Waals surface area (Å²) in [4.78, 5) is 2.21. The van der Waals surface area contributed by atoms with Crippen LogP contribution in [0.15, 0.2) is 18.2 Å². The lowest BCUT2D eigenvalue weighted by molar-refractivity contribution is 0.340. The minimum absolute atomic E-state index is 0.195. The summed E-state index contributed by atoms with van der Waals surface area (Å²) in [6, 6.07) is 5.64. The zero-order valence-corrected chi connectivity index (χ0v) is 11.9. The zero-order chi connectivity index (χ0) is 13.1. The van der Waals surface area contributed by atoms with E-state index in [-0.39, 0.29) is 5.82 Å². The van der Waals surface area contributed by atoms with E-state index in [4.69, 9.17) is 11.6 Å². The van der Waals surface area contributed by atoms with Crippen molar-refractivity contribution in [3.8, 4) is 0 Å². The normalized spacial score (nSPS) is 24.0. The van der Waals surface area contributed by atoms with Gasteiger partial charge in [0.25, 0.3) is 0 Å². The Morgan fingerprint density at radius 1 is 1.22 bits per heavy atom. The molecule has 1 aromatic carbocycles. The third kappa shape index (κ3) is 3.17. The summed E-state index contributed by atoms with van der Waals surface area (Å²) in [6.45, 7) is 2.31. The second-order valence-electron chi connectivity index (χ2n) is 5.48. The number of alkyl halides is 1. The first-order valence-electron chi connectivity index (χ1n) is 6.68. The SMILES string of the molecule is CC1CCC(N(C)c2cc(F)cc(CCl)c2)CC1. The molecule has 0 saturated heterocycles. The first-order chi connectivity index (χ1) is 8.60. The highest BCUT2D eigenvalue weighted by Gasteiger charge is 2.22. The van der Waals surface area contributed by atoms with Crippen LogP contribution in [0.5, 0.6) is 0 Å². The number of nitrogens with zero attached hydrogens (tertiary/aromatic N) is 1. The van der Waals surface area contributed by atoms with E-state index in [1.165, 1.54) is 31.7 Å². The summed E-state index contributed by atoms with van der Waals surface area (Å²) in [5, 5.41) is 0. The van der Waals surface area contributed by atoms with Gasteiger partial charge in [-0.2, -0.15) is 0 Å². The molecule has 0 heterocycles. The van der Waals surface area contributed by atoms with Crippen LogP contribution in [-0.2, 0) is 5.88 Å². The molecule has 0 amide bonds. The van der Waals surface area contributed by atoms with Crippen molar-refractivity contribution >= 4 is 17.3 Å². The Balaban J connectivity index is 2.12. The maximum absolute atomic E-state index is 13.5. The van der Waals surface area contributed by atoms with Gasteiger partial charge in [-0.15, -0.1) is 11.6 Å². The van der Waals surface area contributed by atoms with Crippen LogP contribution in [0.4, 0.5) is 10.1 Å². The summed E-state index contributed by atoms with van der Waals surface area (Å²) in [5.74, 6) is 1.00. The molecule has 1 saturated carbocycles. The van der Waals surface area contributed by atoms with Crippen LogP contribution >= 0.6 is 11.6 Å². The molecule has 0 atom stereocenters. The van der Waals surface area contributed by atoms with E-state index in [1.54, 1.807) is 6.07 Å². The van der Waals surface area contributed by atoms with Crippen LogP contribution in [0.2, 0.25) is 0 Å². The standard InChI is InChI=1S/C15H21ClFN/c1-11-3-5-14(6-4-11)18(2)15-8-12(10-16)7-13(17)9-15/h7-9,11,14H,3-6,10H2,1-2H3. The molecule has 18 heavy (non-hydrogen) atoms. The first kappa shape index (κ1) is 13.7. The van der Waals surface area contributed by atoms with Crippen molar-refractivity contribution in [2.45, 2.75) is 44.5 Å². The van der Waals surface area contributed by atoms with E-state index in [0.29, 0.717) is 11.9 Å². The Bertz CT molecular complexity index is 399. The lowest BCUT2D eigenvalue weighted by Crippen LogP contribution is -2.34. The van der Waals surface area contributed by atoms with Crippen LogP contribution < -0.4 is 4.90 Å². The molecule has 1 aliphatic carbocycles. The van der Waals surface area contributed by atoms with Crippen molar-refractivity contribution in [1.82, 2.24) is 0 Å². The predicted molar refractivity (Wildman–Crippen MR) is 75.8 cm³/mol. The molecule has 1 fully saturated rings. The van der Waals surface area contributed by atoms with E-state index >= 15 is 0 Å². The van der Waals surface area contributed by atoms with Gasteiger partial charge in [-0.1, -0.05) is 6.92 Å². The number of benzene rings is 1. The van der Waals surface area contributed by atoms with Gasteiger partial charge in [0.2, 0.25) is 0 Å². The van der Waals surface area contributed by atoms with E-state index in [2.05, 4.69) is 18.9 Å². The zero-order valence-electron chi connectivity index (χ0n) is 11.1. The Morgan fingerprint density at radius 3 is 2.50 bits per heavy atom. The topological polar surface area (TPSA) is 3.24 Å². The largest absolute Gasteiger partial charge is 0.372 e. The average Bonchev–Trinajstić information content (AvgIpc) is 2.38. The second kappa shape index (κ2) is 5.92. The van der Waals surface area contributed by atoms with Crippen molar-refractivity contribution in [3.05, 3.63) is 29.6 Å². The van der Waals surface area contributed by atoms with Gasteiger partial charge in [-0.25, -0.2) is 4.39 Å². The molecule has 1 aliphatic rings. The second-order valence-corrected chi connectivity index (χ2v) is 5.74. The molecule has 0 aromatic heterocycles. The van der Waals surface area contributed by atoms with Gasteiger partial charge in [-0.05, 0) is 55.4 Å². The molecule has 2 rings (SSSR count). The number of hydrogen-bond donors (Lipinski definition) is 0. The predicted octanol–water partition coefficient (Wildman–Crippen LogP) is 4.58. The Labute approximate surface area is 114 Å². The molecular formula is C15H21ClFN. The minimum Gasteiger partial charge on any atom is -0.372 e. The maximum atomic E-state index is 13.5. The number of halogens is 2. The summed E-state index contributed by atoms with van der Waals surface area (Å²) < 4.78 is 13.5. The minimum atomic E-state index is -0.195. The molecule has 1 nitrogen and oxygen atoms in total. The van der Waals surface area contributed by atoms with Gasteiger partial charge in [0, 0.05) is 24.7 Å². The lowest BCUT2D eigenvalue weighted by Gasteiger charge is -2.35. The number of rotatable bonds is 3. The molecule has 0 unspecified atom stereocenters. The molecule has 1 aromatic rings. The maximum Gasteiger partial charge on any atom is 0.125 e.